The molecule has 0 saturated heterocycles. The fraction of sp³-hybridized carbons (Fsp3) is 0.184. The van der Waals surface area contributed by atoms with Crippen molar-refractivity contribution >= 4 is 17.1 Å². The fourth-order valence-electron chi connectivity index (χ4n) is 5.76. The average molecular weight is 648 g/mol. The van der Waals surface area contributed by atoms with Crippen molar-refractivity contribution in [1.29, 1.82) is 0 Å². The second-order valence-corrected chi connectivity index (χ2v) is 11.7. The lowest BCUT2D eigenvalue weighted by atomic mass is 9.81. The van der Waals surface area contributed by atoms with Gasteiger partial charge in [0.1, 0.15) is 0 Å². The van der Waals surface area contributed by atoms with Gasteiger partial charge >= 0.3 is 12.4 Å². The Hall–Kier alpha value is -4.27. The van der Waals surface area contributed by atoms with E-state index >= 15 is 0 Å². The van der Waals surface area contributed by atoms with Gasteiger partial charge in [0.2, 0.25) is 0 Å². The van der Waals surface area contributed by atoms with E-state index in [1.54, 1.807) is 0 Å². The molecule has 0 aliphatic heterocycles. The van der Waals surface area contributed by atoms with Gasteiger partial charge in [-0.3, -0.25) is 5.32 Å². The highest BCUT2D eigenvalue weighted by molar-refractivity contribution is 7.80. The van der Waals surface area contributed by atoms with Crippen molar-refractivity contribution in [2.75, 3.05) is 0 Å². The van der Waals surface area contributed by atoms with Crippen molar-refractivity contribution in [3.8, 4) is 0 Å². The third-order valence-electron chi connectivity index (χ3n) is 7.90. The molecule has 5 aromatic carbocycles. The molecule has 0 amide bonds. The lowest BCUT2D eigenvalue weighted by molar-refractivity contribution is -0.143. The Morgan fingerprint density at radius 1 is 0.543 bits per heavy atom. The van der Waals surface area contributed by atoms with Crippen LogP contribution in [-0.2, 0) is 18.8 Å². The van der Waals surface area contributed by atoms with E-state index in [0.717, 1.165) is 34.4 Å². The van der Waals surface area contributed by atoms with Gasteiger partial charge in [-0.1, -0.05) is 134 Å². The van der Waals surface area contributed by atoms with E-state index in [9.17, 15) is 26.3 Å². The topological polar surface area (TPSA) is 12.0 Å². The molecule has 0 aliphatic carbocycles. The van der Waals surface area contributed by atoms with Gasteiger partial charge in [0.25, 0.3) is 0 Å². The van der Waals surface area contributed by atoms with E-state index in [1.165, 1.54) is 0 Å². The lowest BCUT2D eigenvalue weighted by Gasteiger charge is -2.34. The van der Waals surface area contributed by atoms with Crippen molar-refractivity contribution < 1.29 is 26.3 Å². The molecular weight excluding hydrogens is 616 g/mol. The number of nitrogens with one attached hydrogen (secondary N) is 1. The summed E-state index contributed by atoms with van der Waals surface area (Å²) in [4.78, 5) is 0.347. The van der Waals surface area contributed by atoms with E-state index < -0.39 is 23.5 Å². The number of thiocarbonyl (C=S) groups is 1. The van der Waals surface area contributed by atoms with Crippen LogP contribution in [0.15, 0.2) is 140 Å². The number of benzene rings is 5. The highest BCUT2D eigenvalue weighted by atomic mass is 32.1. The minimum absolute atomic E-state index is 0.130. The summed E-state index contributed by atoms with van der Waals surface area (Å²) in [6.07, 6.45) is -9.85. The zero-order chi connectivity index (χ0) is 32.7. The zero-order valence-corrected chi connectivity index (χ0v) is 25.4. The molecule has 1 unspecified atom stereocenters. The maximum atomic E-state index is 13.6. The average Bonchev–Trinajstić information content (AvgIpc) is 3.05. The van der Waals surface area contributed by atoms with Crippen molar-refractivity contribution in [2.45, 2.75) is 43.2 Å². The maximum Gasteiger partial charge on any atom is 0.416 e. The van der Waals surface area contributed by atoms with Crippen molar-refractivity contribution in [3.05, 3.63) is 178 Å². The lowest BCUT2D eigenvalue weighted by Crippen LogP contribution is -2.32. The molecule has 0 spiro atoms. The summed E-state index contributed by atoms with van der Waals surface area (Å²) in [7, 11) is 0. The molecule has 0 bridgehead atoms. The minimum Gasteiger partial charge on any atom is -0.299 e. The van der Waals surface area contributed by atoms with E-state index in [2.05, 4.69) is 5.32 Å². The second kappa shape index (κ2) is 14.4. The smallest absolute Gasteiger partial charge is 0.299 e. The van der Waals surface area contributed by atoms with Crippen LogP contribution in [-0.4, -0.2) is 4.86 Å². The van der Waals surface area contributed by atoms with Gasteiger partial charge in [0.15, 0.2) is 0 Å². The second-order valence-electron chi connectivity index (χ2n) is 11.2. The highest BCUT2D eigenvalue weighted by Gasteiger charge is 2.37. The Labute approximate surface area is 269 Å². The minimum atomic E-state index is -4.93. The molecule has 0 saturated carbocycles. The standard InChI is InChI=1S/C38H31F6NS/c39-37(40,41)31-21-26(22-32(24-31)38(42,43)44)23-33(46)25-34(27-13-5-1-6-14-27)36(30-19-11-4-12-20-30)45-35(28-15-7-2-8-16-28)29-17-9-3-10-18-29/h1-22,24,34-36,45H,23,25H2/t34?,36-/m1/s1. The van der Waals surface area contributed by atoms with E-state index in [-0.39, 0.29) is 42.5 Å². The van der Waals surface area contributed by atoms with Gasteiger partial charge in [-0.05, 0) is 57.3 Å². The number of hydrogen-bond donors (Lipinski definition) is 1. The van der Waals surface area contributed by atoms with Crippen molar-refractivity contribution in [3.63, 3.8) is 0 Å². The predicted octanol–water partition coefficient (Wildman–Crippen LogP) is 10.9. The van der Waals surface area contributed by atoms with Gasteiger partial charge < -0.3 is 0 Å². The number of alkyl halides is 6. The molecule has 0 aliphatic rings. The molecule has 0 radical (unpaired) electrons. The van der Waals surface area contributed by atoms with Crippen LogP contribution in [0.1, 0.15) is 63.4 Å². The number of rotatable bonds is 11. The third kappa shape index (κ3) is 8.50. The molecule has 0 aromatic heterocycles. The molecule has 2 atom stereocenters. The maximum absolute atomic E-state index is 13.6. The van der Waals surface area contributed by atoms with Crippen molar-refractivity contribution in [2.24, 2.45) is 0 Å². The molecule has 1 nitrogen and oxygen atoms in total. The van der Waals surface area contributed by atoms with E-state index in [1.807, 2.05) is 121 Å². The van der Waals surface area contributed by atoms with Crippen LogP contribution in [0, 0.1) is 0 Å². The van der Waals surface area contributed by atoms with Gasteiger partial charge in [-0.2, -0.15) is 26.3 Å². The monoisotopic (exact) mass is 647 g/mol. The molecule has 0 heterocycles. The van der Waals surface area contributed by atoms with Crippen LogP contribution in [0.25, 0.3) is 0 Å². The van der Waals surface area contributed by atoms with Crippen LogP contribution < -0.4 is 5.32 Å². The van der Waals surface area contributed by atoms with E-state index in [0.29, 0.717) is 4.86 Å². The third-order valence-corrected chi connectivity index (χ3v) is 8.21. The number of halogens is 6. The summed E-state index contributed by atoms with van der Waals surface area (Å²) in [6, 6.07) is 40.5. The summed E-state index contributed by atoms with van der Waals surface area (Å²) in [5, 5.41) is 3.87. The quantitative estimate of drug-likeness (QED) is 0.113. The summed E-state index contributed by atoms with van der Waals surface area (Å²) in [5.41, 5.74) is 1.14. The molecule has 1 N–H and O–H groups in total. The van der Waals surface area contributed by atoms with Crippen LogP contribution >= 0.6 is 12.2 Å². The van der Waals surface area contributed by atoms with Gasteiger partial charge in [0, 0.05) is 18.4 Å². The Morgan fingerprint density at radius 3 is 1.35 bits per heavy atom. The highest BCUT2D eigenvalue weighted by Crippen LogP contribution is 2.40. The van der Waals surface area contributed by atoms with Crippen LogP contribution in [0.2, 0.25) is 0 Å². The van der Waals surface area contributed by atoms with Crippen LogP contribution in [0.3, 0.4) is 0 Å². The molecule has 5 aromatic rings. The first-order valence-corrected chi connectivity index (χ1v) is 15.2. The SMILES string of the molecule is FC(F)(F)c1cc(CC(=S)CC(c2ccccc2)[C@H](NC(c2ccccc2)c2ccccc2)c2ccccc2)cc(C(F)(F)F)c1. The molecule has 236 valence electrons. The largest absolute Gasteiger partial charge is 0.416 e. The summed E-state index contributed by atoms with van der Waals surface area (Å²) >= 11 is 5.77. The first-order chi connectivity index (χ1) is 22.0. The molecule has 5 rings (SSSR count). The van der Waals surface area contributed by atoms with Crippen LogP contribution in [0.4, 0.5) is 26.3 Å². The molecular formula is C38H31F6NS. The first kappa shape index (κ1) is 33.1. The summed E-state index contributed by atoms with van der Waals surface area (Å²) in [5.74, 6) is -0.307. The van der Waals surface area contributed by atoms with E-state index in [4.69, 9.17) is 12.2 Å². The first-order valence-electron chi connectivity index (χ1n) is 14.7. The summed E-state index contributed by atoms with van der Waals surface area (Å²) in [6.45, 7) is 0. The molecule has 46 heavy (non-hydrogen) atoms. The Morgan fingerprint density at radius 2 is 0.935 bits per heavy atom. The van der Waals surface area contributed by atoms with Gasteiger partial charge in [-0.15, -0.1) is 0 Å². The molecule has 0 fully saturated rings. The van der Waals surface area contributed by atoms with Crippen molar-refractivity contribution in [1.82, 2.24) is 5.32 Å². The zero-order valence-electron chi connectivity index (χ0n) is 24.6. The predicted molar refractivity (Wildman–Crippen MR) is 174 cm³/mol. The Balaban J connectivity index is 1.55. The Bertz CT molecular complexity index is 1630. The normalized spacial score (nSPS) is 13.4. The summed E-state index contributed by atoms with van der Waals surface area (Å²) < 4.78 is 81.5. The van der Waals surface area contributed by atoms with Gasteiger partial charge in [0.05, 0.1) is 17.2 Å². The fourth-order valence-corrected chi connectivity index (χ4v) is 6.10. The number of hydrogen-bond acceptors (Lipinski definition) is 2. The Kier molecular flexibility index (Phi) is 10.4. The molecule has 8 heteroatoms. The van der Waals surface area contributed by atoms with Crippen LogP contribution in [0.5, 0.6) is 0 Å². The van der Waals surface area contributed by atoms with Gasteiger partial charge in [-0.25, -0.2) is 0 Å².